The SMILES string of the molecule is COc1ccc(N2CCOCC2)c2sc(NC(=O)c3cnc(CN4CCCC4)n3C)nc12. The number of benzene rings is 1. The number of methoxy groups -OCH3 is 1. The minimum atomic E-state index is -0.210. The molecule has 2 saturated heterocycles. The summed E-state index contributed by atoms with van der Waals surface area (Å²) in [4.78, 5) is 26.9. The number of nitrogens with one attached hydrogen (secondary N) is 1. The Balaban J connectivity index is 1.39. The van der Waals surface area contributed by atoms with Crippen LogP contribution in [-0.2, 0) is 18.3 Å². The molecule has 5 rings (SSSR count). The molecule has 0 bridgehead atoms. The number of carbonyl (C=O) groups excluding carboxylic acids is 1. The van der Waals surface area contributed by atoms with E-state index < -0.39 is 0 Å². The lowest BCUT2D eigenvalue weighted by Gasteiger charge is -2.29. The molecule has 32 heavy (non-hydrogen) atoms. The number of aromatic nitrogens is 3. The topological polar surface area (TPSA) is 84.8 Å². The zero-order valence-corrected chi connectivity index (χ0v) is 19.3. The number of amides is 1. The highest BCUT2D eigenvalue weighted by Gasteiger charge is 2.22. The van der Waals surface area contributed by atoms with E-state index in [-0.39, 0.29) is 5.91 Å². The summed E-state index contributed by atoms with van der Waals surface area (Å²) in [7, 11) is 3.53. The lowest BCUT2D eigenvalue weighted by molar-refractivity contribution is 0.101. The number of ether oxygens (including phenoxy) is 2. The molecule has 2 aliphatic rings. The van der Waals surface area contributed by atoms with Crippen LogP contribution < -0.4 is 15.0 Å². The third-order valence-electron chi connectivity index (χ3n) is 6.16. The molecule has 0 radical (unpaired) electrons. The fourth-order valence-electron chi connectivity index (χ4n) is 4.35. The Morgan fingerprint density at radius 3 is 2.75 bits per heavy atom. The molecule has 2 aliphatic heterocycles. The van der Waals surface area contributed by atoms with Gasteiger partial charge in [-0.1, -0.05) is 11.3 Å². The van der Waals surface area contributed by atoms with Crippen molar-refractivity contribution in [3.8, 4) is 5.75 Å². The fourth-order valence-corrected chi connectivity index (χ4v) is 5.37. The van der Waals surface area contributed by atoms with E-state index in [0.29, 0.717) is 29.8 Å². The smallest absolute Gasteiger partial charge is 0.275 e. The summed E-state index contributed by atoms with van der Waals surface area (Å²) >= 11 is 1.47. The van der Waals surface area contributed by atoms with Gasteiger partial charge in [-0.15, -0.1) is 0 Å². The molecule has 9 nitrogen and oxygen atoms in total. The maximum atomic E-state index is 13.0. The Kier molecular flexibility index (Phi) is 5.99. The Bertz CT molecular complexity index is 1110. The van der Waals surface area contributed by atoms with Gasteiger partial charge in [0.15, 0.2) is 5.13 Å². The molecule has 0 atom stereocenters. The number of carbonyl (C=O) groups is 1. The van der Waals surface area contributed by atoms with Crippen LogP contribution in [0.15, 0.2) is 18.3 Å². The zero-order valence-electron chi connectivity index (χ0n) is 18.5. The summed E-state index contributed by atoms with van der Waals surface area (Å²) in [5, 5.41) is 3.52. The maximum absolute atomic E-state index is 13.0. The molecule has 10 heteroatoms. The quantitative estimate of drug-likeness (QED) is 0.610. The Morgan fingerprint density at radius 1 is 1.22 bits per heavy atom. The fraction of sp³-hybridized carbons (Fsp3) is 0.500. The average Bonchev–Trinajstić information content (AvgIpc) is 3.55. The van der Waals surface area contributed by atoms with Crippen LogP contribution in [0.2, 0.25) is 0 Å². The van der Waals surface area contributed by atoms with Gasteiger partial charge in [0.05, 0.1) is 43.5 Å². The van der Waals surface area contributed by atoms with Crippen LogP contribution in [0, 0.1) is 0 Å². The number of rotatable bonds is 6. The first kappa shape index (κ1) is 21.2. The highest BCUT2D eigenvalue weighted by molar-refractivity contribution is 7.23. The monoisotopic (exact) mass is 456 g/mol. The van der Waals surface area contributed by atoms with Crippen LogP contribution in [0.4, 0.5) is 10.8 Å². The zero-order chi connectivity index (χ0) is 22.1. The summed E-state index contributed by atoms with van der Waals surface area (Å²) in [6.07, 6.45) is 4.10. The highest BCUT2D eigenvalue weighted by atomic mass is 32.1. The number of nitrogens with zero attached hydrogens (tertiary/aromatic N) is 5. The van der Waals surface area contributed by atoms with Crippen molar-refractivity contribution in [2.24, 2.45) is 7.05 Å². The van der Waals surface area contributed by atoms with Gasteiger partial charge in [0.1, 0.15) is 22.8 Å². The number of thiazole rings is 1. The minimum absolute atomic E-state index is 0.210. The Hall–Kier alpha value is -2.69. The number of likely N-dealkylation sites (tertiary alicyclic amines) is 1. The Labute approximate surface area is 190 Å². The molecule has 170 valence electrons. The van der Waals surface area contributed by atoms with Crippen molar-refractivity contribution >= 4 is 38.3 Å². The van der Waals surface area contributed by atoms with Crippen LogP contribution in [0.5, 0.6) is 5.75 Å². The second-order valence-electron chi connectivity index (χ2n) is 8.14. The van der Waals surface area contributed by atoms with Crippen molar-refractivity contribution in [3.05, 3.63) is 29.8 Å². The third-order valence-corrected chi connectivity index (χ3v) is 7.15. The van der Waals surface area contributed by atoms with Gasteiger partial charge in [0.25, 0.3) is 5.91 Å². The van der Waals surface area contributed by atoms with E-state index in [1.807, 2.05) is 17.7 Å². The van der Waals surface area contributed by atoms with Crippen molar-refractivity contribution in [1.29, 1.82) is 0 Å². The molecular weight excluding hydrogens is 428 g/mol. The number of fused-ring (bicyclic) bond motifs is 1. The maximum Gasteiger partial charge on any atom is 0.275 e. The van der Waals surface area contributed by atoms with E-state index >= 15 is 0 Å². The van der Waals surface area contributed by atoms with Gasteiger partial charge < -0.3 is 18.9 Å². The van der Waals surface area contributed by atoms with Crippen molar-refractivity contribution in [2.45, 2.75) is 19.4 Å². The van der Waals surface area contributed by atoms with Crippen LogP contribution in [-0.4, -0.2) is 71.8 Å². The van der Waals surface area contributed by atoms with Gasteiger partial charge in [0.2, 0.25) is 0 Å². The molecule has 4 heterocycles. The third kappa shape index (κ3) is 4.05. The van der Waals surface area contributed by atoms with Crippen LogP contribution in [0.25, 0.3) is 10.2 Å². The minimum Gasteiger partial charge on any atom is -0.494 e. The first-order chi connectivity index (χ1) is 15.6. The number of hydrogen-bond donors (Lipinski definition) is 1. The molecule has 1 aromatic carbocycles. The van der Waals surface area contributed by atoms with Gasteiger partial charge in [-0.25, -0.2) is 9.97 Å². The van der Waals surface area contributed by atoms with E-state index in [1.54, 1.807) is 13.3 Å². The van der Waals surface area contributed by atoms with Crippen molar-refractivity contribution < 1.29 is 14.3 Å². The molecule has 1 amide bonds. The summed E-state index contributed by atoms with van der Waals surface area (Å²) in [6, 6.07) is 3.99. The van der Waals surface area contributed by atoms with Crippen LogP contribution in [0.1, 0.15) is 29.2 Å². The first-order valence-electron chi connectivity index (χ1n) is 11.0. The summed E-state index contributed by atoms with van der Waals surface area (Å²) in [5.74, 6) is 1.39. The summed E-state index contributed by atoms with van der Waals surface area (Å²) in [5.41, 5.74) is 2.38. The van der Waals surface area contributed by atoms with Gasteiger partial charge in [-0.2, -0.15) is 0 Å². The van der Waals surface area contributed by atoms with Crippen LogP contribution in [0.3, 0.4) is 0 Å². The molecule has 0 aliphatic carbocycles. The van der Waals surface area contributed by atoms with E-state index in [0.717, 1.165) is 54.5 Å². The summed E-state index contributed by atoms with van der Waals surface area (Å²) < 4.78 is 13.9. The predicted molar refractivity (Wildman–Crippen MR) is 125 cm³/mol. The molecule has 2 aromatic heterocycles. The molecule has 0 saturated carbocycles. The van der Waals surface area contributed by atoms with Crippen molar-refractivity contribution in [2.75, 3.05) is 56.7 Å². The number of hydrogen-bond acceptors (Lipinski definition) is 8. The molecule has 2 fully saturated rings. The van der Waals surface area contributed by atoms with Gasteiger partial charge in [-0.05, 0) is 38.1 Å². The molecule has 1 N–H and O–H groups in total. The summed E-state index contributed by atoms with van der Waals surface area (Å²) in [6.45, 7) is 6.02. The normalized spacial score (nSPS) is 17.2. The van der Waals surface area contributed by atoms with E-state index in [4.69, 9.17) is 9.47 Å². The first-order valence-corrected chi connectivity index (χ1v) is 11.8. The second kappa shape index (κ2) is 9.05. The van der Waals surface area contributed by atoms with Gasteiger partial charge in [-0.3, -0.25) is 15.0 Å². The lowest BCUT2D eigenvalue weighted by atomic mass is 10.2. The van der Waals surface area contributed by atoms with Gasteiger partial charge >= 0.3 is 0 Å². The van der Waals surface area contributed by atoms with E-state index in [1.165, 1.54) is 24.2 Å². The van der Waals surface area contributed by atoms with Crippen molar-refractivity contribution in [3.63, 3.8) is 0 Å². The average molecular weight is 457 g/mol. The highest BCUT2D eigenvalue weighted by Crippen LogP contribution is 2.39. The predicted octanol–water partition coefficient (Wildman–Crippen LogP) is 2.72. The standard InChI is InChI=1S/C22H28N6O3S/c1-26-16(13-23-18(26)14-27-7-3-4-8-27)21(29)25-22-24-19-17(30-2)6-5-15(20(19)32-22)28-9-11-31-12-10-28/h5-6,13H,3-4,7-12,14H2,1-2H3,(H,24,25,29). The molecule has 3 aromatic rings. The van der Waals surface area contributed by atoms with E-state index in [2.05, 4.69) is 31.2 Å². The molecule has 0 unspecified atom stereocenters. The van der Waals surface area contributed by atoms with Gasteiger partial charge in [0, 0.05) is 20.1 Å². The second-order valence-corrected chi connectivity index (χ2v) is 9.14. The van der Waals surface area contributed by atoms with Crippen molar-refractivity contribution in [1.82, 2.24) is 19.4 Å². The molecule has 0 spiro atoms. The lowest BCUT2D eigenvalue weighted by Crippen LogP contribution is -2.36. The molecular formula is C22H28N6O3S. The number of imidazole rings is 1. The largest absolute Gasteiger partial charge is 0.494 e. The van der Waals surface area contributed by atoms with Crippen LogP contribution >= 0.6 is 11.3 Å². The Morgan fingerprint density at radius 2 is 2.00 bits per heavy atom. The van der Waals surface area contributed by atoms with E-state index in [9.17, 15) is 4.79 Å². The number of morpholine rings is 1. The number of anilines is 2.